The zero-order valence-corrected chi connectivity index (χ0v) is 19.5. The van der Waals surface area contributed by atoms with Crippen molar-refractivity contribution in [3.05, 3.63) is 46.3 Å². The number of ether oxygens (including phenoxy) is 1. The van der Waals surface area contributed by atoms with Crippen LogP contribution in [0.1, 0.15) is 49.4 Å². The first-order chi connectivity index (χ1) is 14.8. The number of carbonyl (C=O) groups excluding carboxylic acids is 2. The van der Waals surface area contributed by atoms with E-state index in [4.69, 9.17) is 16.3 Å². The van der Waals surface area contributed by atoms with E-state index >= 15 is 0 Å². The predicted molar refractivity (Wildman–Crippen MR) is 121 cm³/mol. The minimum atomic E-state index is -3.92. The molecule has 2 N–H and O–H groups in total. The predicted octanol–water partition coefficient (Wildman–Crippen LogP) is 4.44. The number of thiophene rings is 1. The molecule has 1 fully saturated rings. The van der Waals surface area contributed by atoms with Gasteiger partial charge in [0, 0.05) is 6.54 Å². The van der Waals surface area contributed by atoms with E-state index < -0.39 is 22.1 Å². The molecule has 1 atom stereocenters. The molecule has 1 aromatic carbocycles. The van der Waals surface area contributed by atoms with Gasteiger partial charge in [-0.15, -0.1) is 11.3 Å². The largest absolute Gasteiger partial charge is 0.449 e. The average molecular weight is 485 g/mol. The lowest BCUT2D eigenvalue weighted by atomic mass is 9.89. The van der Waals surface area contributed by atoms with Gasteiger partial charge in [0.1, 0.15) is 4.21 Å². The van der Waals surface area contributed by atoms with E-state index in [1.165, 1.54) is 50.5 Å². The van der Waals surface area contributed by atoms with Crippen molar-refractivity contribution in [1.29, 1.82) is 0 Å². The summed E-state index contributed by atoms with van der Waals surface area (Å²) in [6.45, 7) is 2.06. The van der Waals surface area contributed by atoms with Crippen molar-refractivity contribution in [3.63, 3.8) is 0 Å². The summed E-state index contributed by atoms with van der Waals surface area (Å²) >= 11 is 6.73. The Labute approximate surface area is 191 Å². The van der Waals surface area contributed by atoms with Crippen molar-refractivity contribution in [2.75, 3.05) is 11.3 Å². The topological polar surface area (TPSA) is 102 Å². The number of hydrogen-bond donors (Lipinski definition) is 2. The van der Waals surface area contributed by atoms with Crippen LogP contribution in [0.3, 0.4) is 0 Å². The quantitative estimate of drug-likeness (QED) is 0.539. The molecule has 1 amide bonds. The first-order valence-electron chi connectivity index (χ1n) is 10.1. The number of nitrogens with one attached hydrogen (secondary N) is 2. The highest BCUT2D eigenvalue weighted by Gasteiger charge is 2.24. The SMILES string of the molecule is CC(OC(=O)c1ccccc1NS(=O)(=O)c1ccc(Cl)s1)C(=O)NCC1CCCCC1. The number of anilines is 1. The number of amides is 1. The minimum absolute atomic E-state index is 0.0145. The maximum absolute atomic E-state index is 12.7. The maximum Gasteiger partial charge on any atom is 0.341 e. The Hall–Kier alpha value is -2.10. The molecule has 3 rings (SSSR count). The van der Waals surface area contributed by atoms with E-state index in [1.54, 1.807) is 12.1 Å². The maximum atomic E-state index is 12.7. The highest BCUT2D eigenvalue weighted by atomic mass is 35.5. The van der Waals surface area contributed by atoms with Gasteiger partial charge in [-0.05, 0) is 49.9 Å². The third kappa shape index (κ3) is 6.44. The van der Waals surface area contributed by atoms with Gasteiger partial charge < -0.3 is 10.1 Å². The van der Waals surface area contributed by atoms with Crippen LogP contribution in [0.5, 0.6) is 0 Å². The van der Waals surface area contributed by atoms with Gasteiger partial charge in [0.15, 0.2) is 6.10 Å². The summed E-state index contributed by atoms with van der Waals surface area (Å²) in [5.41, 5.74) is 0.0764. The highest BCUT2D eigenvalue weighted by Crippen LogP contribution is 2.28. The van der Waals surface area contributed by atoms with Gasteiger partial charge in [-0.25, -0.2) is 13.2 Å². The lowest BCUT2D eigenvalue weighted by Gasteiger charge is -2.22. The van der Waals surface area contributed by atoms with E-state index in [9.17, 15) is 18.0 Å². The number of carbonyl (C=O) groups is 2. The van der Waals surface area contributed by atoms with Gasteiger partial charge in [0.05, 0.1) is 15.6 Å². The van der Waals surface area contributed by atoms with Gasteiger partial charge >= 0.3 is 5.97 Å². The second-order valence-corrected chi connectivity index (χ2v) is 11.1. The zero-order chi connectivity index (χ0) is 22.4. The monoisotopic (exact) mass is 484 g/mol. The van der Waals surface area contributed by atoms with Crippen LogP contribution in [0.15, 0.2) is 40.6 Å². The van der Waals surface area contributed by atoms with Crippen molar-refractivity contribution in [2.45, 2.75) is 49.3 Å². The third-order valence-electron chi connectivity index (χ3n) is 5.15. The summed E-state index contributed by atoms with van der Waals surface area (Å²) in [7, 11) is -3.92. The molecular weight excluding hydrogens is 460 g/mol. The lowest BCUT2D eigenvalue weighted by Crippen LogP contribution is -2.38. The fourth-order valence-corrected chi connectivity index (χ4v) is 6.01. The number of halogens is 1. The summed E-state index contributed by atoms with van der Waals surface area (Å²) in [5.74, 6) is -0.700. The fraction of sp³-hybridized carbons (Fsp3) is 0.429. The van der Waals surface area contributed by atoms with E-state index in [0.717, 1.165) is 24.2 Å². The van der Waals surface area contributed by atoms with Crippen LogP contribution < -0.4 is 10.0 Å². The number of esters is 1. The number of hydrogen-bond acceptors (Lipinski definition) is 6. The van der Waals surface area contributed by atoms with E-state index in [0.29, 0.717) is 16.8 Å². The second kappa shape index (κ2) is 10.5. The fourth-order valence-electron chi connectivity index (χ4n) is 3.44. The van der Waals surface area contributed by atoms with Crippen LogP contribution in [0.4, 0.5) is 5.69 Å². The summed E-state index contributed by atoms with van der Waals surface area (Å²) in [4.78, 5) is 25.0. The van der Waals surface area contributed by atoms with E-state index in [-0.39, 0.29) is 21.4 Å². The van der Waals surface area contributed by atoms with E-state index in [2.05, 4.69) is 10.0 Å². The molecule has 1 heterocycles. The molecule has 31 heavy (non-hydrogen) atoms. The number of benzene rings is 1. The van der Waals surface area contributed by atoms with Crippen LogP contribution in [0.25, 0.3) is 0 Å². The van der Waals surface area contributed by atoms with Gasteiger partial charge in [0.2, 0.25) is 0 Å². The molecule has 0 radical (unpaired) electrons. The normalized spacial score (nSPS) is 15.8. The van der Waals surface area contributed by atoms with Crippen molar-refractivity contribution in [2.24, 2.45) is 5.92 Å². The summed E-state index contributed by atoms with van der Waals surface area (Å²) < 4.78 is 33.2. The summed E-state index contributed by atoms with van der Waals surface area (Å²) in [6.07, 6.45) is 4.78. The van der Waals surface area contributed by atoms with Gasteiger partial charge in [-0.2, -0.15) is 0 Å². The Kier molecular flexibility index (Phi) is 7.96. The second-order valence-electron chi connectivity index (χ2n) is 7.51. The molecule has 0 aliphatic heterocycles. The van der Waals surface area contributed by atoms with Crippen LogP contribution in [-0.2, 0) is 19.6 Å². The molecule has 1 unspecified atom stereocenters. The van der Waals surface area contributed by atoms with Crippen LogP contribution in [0.2, 0.25) is 4.34 Å². The number of para-hydroxylation sites is 1. The molecule has 1 aliphatic rings. The Balaban J connectivity index is 1.63. The highest BCUT2D eigenvalue weighted by molar-refractivity contribution is 7.94. The molecule has 1 saturated carbocycles. The smallest absolute Gasteiger partial charge is 0.341 e. The van der Waals surface area contributed by atoms with Crippen molar-refractivity contribution in [3.8, 4) is 0 Å². The molecule has 0 spiro atoms. The molecule has 1 aromatic heterocycles. The first kappa shape index (κ1) is 23.6. The van der Waals surface area contributed by atoms with Crippen LogP contribution >= 0.6 is 22.9 Å². The molecule has 0 bridgehead atoms. The number of rotatable bonds is 8. The lowest BCUT2D eigenvalue weighted by molar-refractivity contribution is -0.129. The van der Waals surface area contributed by atoms with Crippen molar-refractivity contribution < 1.29 is 22.7 Å². The summed E-state index contributed by atoms with van der Waals surface area (Å²) in [5, 5.41) is 2.85. The molecule has 168 valence electrons. The van der Waals surface area contributed by atoms with Crippen LogP contribution in [0, 0.1) is 5.92 Å². The molecule has 1 aliphatic carbocycles. The third-order valence-corrected chi connectivity index (χ3v) is 8.24. The van der Waals surface area contributed by atoms with Gasteiger partial charge in [-0.1, -0.05) is 43.0 Å². The van der Waals surface area contributed by atoms with Crippen molar-refractivity contribution in [1.82, 2.24) is 5.32 Å². The Morgan fingerprint density at radius 2 is 1.87 bits per heavy atom. The summed E-state index contributed by atoms with van der Waals surface area (Å²) in [6, 6.07) is 8.94. The number of sulfonamides is 1. The van der Waals surface area contributed by atoms with Crippen molar-refractivity contribution >= 4 is 50.5 Å². The first-order valence-corrected chi connectivity index (χ1v) is 12.8. The molecular formula is C21H25ClN2O5S2. The Bertz CT molecular complexity index is 1030. The Morgan fingerprint density at radius 1 is 1.16 bits per heavy atom. The van der Waals surface area contributed by atoms with Gasteiger partial charge in [-0.3, -0.25) is 9.52 Å². The molecule has 7 nitrogen and oxygen atoms in total. The minimum Gasteiger partial charge on any atom is -0.449 e. The standard InChI is InChI=1S/C21H25ClN2O5S2/c1-14(20(25)23-13-15-7-3-2-4-8-15)29-21(26)16-9-5-6-10-17(16)24-31(27,28)19-12-11-18(22)30-19/h5-6,9-12,14-15,24H,2-4,7-8,13H2,1H3,(H,23,25). The zero-order valence-electron chi connectivity index (χ0n) is 17.1. The Morgan fingerprint density at radius 3 is 2.55 bits per heavy atom. The molecule has 2 aromatic rings. The average Bonchev–Trinajstić information content (AvgIpc) is 3.20. The molecule has 0 saturated heterocycles. The van der Waals surface area contributed by atoms with Crippen LogP contribution in [-0.4, -0.2) is 32.9 Å². The van der Waals surface area contributed by atoms with E-state index in [1.807, 2.05) is 0 Å². The molecule has 10 heteroatoms. The van der Waals surface area contributed by atoms with Gasteiger partial charge in [0.25, 0.3) is 15.9 Å².